The highest BCUT2D eigenvalue weighted by Gasteiger charge is 1.99. The monoisotopic (exact) mass is 390 g/mol. The second-order valence-corrected chi connectivity index (χ2v) is 4.52. The van der Waals surface area contributed by atoms with Gasteiger partial charge < -0.3 is 25.8 Å². The Kier molecular flexibility index (Phi) is 10.8. The van der Waals surface area contributed by atoms with Crippen LogP contribution in [0.5, 0.6) is 0 Å². The molecule has 6 N–H and O–H groups in total. The van der Waals surface area contributed by atoms with Crippen molar-refractivity contribution in [1.29, 1.82) is 21.0 Å². The Morgan fingerprint density at radius 2 is 1.14 bits per heavy atom. The van der Waals surface area contributed by atoms with Crippen LogP contribution in [0.25, 0.3) is 0 Å². The lowest BCUT2D eigenvalue weighted by Gasteiger charge is -1.88. The first kappa shape index (κ1) is 23.9. The molecule has 0 atom stereocenters. The molecule has 0 unspecified atom stereocenters. The number of allylic oxidation sites excluding steroid dienone is 4. The highest BCUT2D eigenvalue weighted by molar-refractivity contribution is 5.77. The Balaban J connectivity index is 0.000000523. The minimum atomic E-state index is -0.213. The van der Waals surface area contributed by atoms with E-state index in [0.29, 0.717) is 11.5 Å². The zero-order valence-corrected chi connectivity index (χ0v) is 14.8. The molecule has 0 bridgehead atoms. The van der Waals surface area contributed by atoms with Gasteiger partial charge in [0.2, 0.25) is 0 Å². The lowest BCUT2D eigenvalue weighted by atomic mass is 10.4. The Morgan fingerprint density at radius 3 is 1.38 bits per heavy atom. The van der Waals surface area contributed by atoms with Crippen molar-refractivity contribution < 1.29 is 14.3 Å². The van der Waals surface area contributed by atoms with Gasteiger partial charge in [0.05, 0.1) is 25.0 Å². The van der Waals surface area contributed by atoms with E-state index >= 15 is 0 Å². The fourth-order valence-corrected chi connectivity index (χ4v) is 1.41. The number of nitriles is 4. The van der Waals surface area contributed by atoms with Crippen LogP contribution in [0.2, 0.25) is 0 Å². The number of aliphatic imine (C=N–C) groups is 2. The molecular weight excluding hydrogens is 376 g/mol. The first-order chi connectivity index (χ1) is 13.5. The Morgan fingerprint density at radius 1 is 0.759 bits per heavy atom. The zero-order valence-electron chi connectivity index (χ0n) is 14.8. The molecule has 144 valence electrons. The van der Waals surface area contributed by atoms with E-state index in [9.17, 15) is 0 Å². The van der Waals surface area contributed by atoms with E-state index in [1.807, 2.05) is 0 Å². The van der Waals surface area contributed by atoms with Gasteiger partial charge in [0.1, 0.15) is 47.2 Å². The van der Waals surface area contributed by atoms with Crippen LogP contribution in [0, 0.1) is 45.3 Å². The first-order valence-corrected chi connectivity index (χ1v) is 7.30. The molecule has 0 aliphatic heterocycles. The molecule has 0 amide bonds. The van der Waals surface area contributed by atoms with Gasteiger partial charge in [-0.25, -0.2) is 9.98 Å². The molecule has 2 rings (SSSR count). The van der Waals surface area contributed by atoms with Crippen molar-refractivity contribution in [3.8, 4) is 24.3 Å². The third kappa shape index (κ3) is 8.21. The van der Waals surface area contributed by atoms with Crippen molar-refractivity contribution in [2.45, 2.75) is 0 Å². The molecule has 11 nitrogen and oxygen atoms in total. The number of nitrogens with zero attached hydrogens (tertiary/aromatic N) is 6. The summed E-state index contributed by atoms with van der Waals surface area (Å²) < 4.78 is 9.87. The summed E-state index contributed by atoms with van der Waals surface area (Å²) in [5.41, 5.74) is 9.77. The van der Waals surface area contributed by atoms with Crippen molar-refractivity contribution in [3.63, 3.8) is 0 Å². The van der Waals surface area contributed by atoms with Crippen molar-refractivity contribution in [3.05, 3.63) is 71.1 Å². The molecule has 0 aliphatic carbocycles. The third-order valence-electron chi connectivity index (χ3n) is 2.69. The molecule has 0 fully saturated rings. The normalized spacial score (nSPS) is 11.4. The van der Waals surface area contributed by atoms with Gasteiger partial charge in [0, 0.05) is 0 Å². The van der Waals surface area contributed by atoms with Crippen molar-refractivity contribution in [2.24, 2.45) is 21.5 Å². The van der Waals surface area contributed by atoms with Crippen LogP contribution in [-0.4, -0.2) is 17.9 Å². The maximum absolute atomic E-state index is 8.57. The number of nitrogens with two attached hydrogens (primary N) is 2. The largest absolute Gasteiger partial charge is 0.463 e. The van der Waals surface area contributed by atoms with Gasteiger partial charge in [-0.05, 0) is 24.3 Å². The molecule has 0 aromatic carbocycles. The molecule has 0 radical (unpaired) electrons. The molecule has 11 heteroatoms. The Bertz CT molecular complexity index is 976. The molecule has 0 saturated heterocycles. The summed E-state index contributed by atoms with van der Waals surface area (Å²) in [5, 5.41) is 34.0. The van der Waals surface area contributed by atoms with Crippen LogP contribution in [0.15, 0.2) is 78.4 Å². The molecule has 0 spiro atoms. The molecule has 2 aromatic heterocycles. The van der Waals surface area contributed by atoms with Gasteiger partial charge in [-0.3, -0.25) is 0 Å². The van der Waals surface area contributed by atoms with E-state index < -0.39 is 0 Å². The van der Waals surface area contributed by atoms with Gasteiger partial charge in [-0.1, -0.05) is 0 Å². The predicted octanol–water partition coefficient (Wildman–Crippen LogP) is 1.01. The average molecular weight is 390 g/mol. The molecule has 0 saturated carbocycles. The summed E-state index contributed by atoms with van der Waals surface area (Å²) in [7, 11) is 0. The number of rotatable bonds is 4. The molecular formula is C18H14N8O3. The summed E-state index contributed by atoms with van der Waals surface area (Å²) in [6, 6.07) is 13.4. The maximum atomic E-state index is 8.57. The second-order valence-electron chi connectivity index (χ2n) is 4.52. The fourth-order valence-electron chi connectivity index (χ4n) is 1.41. The quantitative estimate of drug-likeness (QED) is 0.563. The zero-order chi connectivity index (χ0) is 20.8. The van der Waals surface area contributed by atoms with E-state index in [1.165, 1.54) is 25.0 Å². The Hall–Kier alpha value is -5.10. The highest BCUT2D eigenvalue weighted by atomic mass is 16.3. The van der Waals surface area contributed by atoms with E-state index in [1.54, 1.807) is 48.5 Å². The summed E-state index contributed by atoms with van der Waals surface area (Å²) in [6.07, 6.45) is 5.60. The van der Waals surface area contributed by atoms with Crippen molar-refractivity contribution in [2.75, 3.05) is 0 Å². The molecule has 2 heterocycles. The first-order valence-electron chi connectivity index (χ1n) is 7.30. The van der Waals surface area contributed by atoms with Crippen LogP contribution in [0.3, 0.4) is 0 Å². The van der Waals surface area contributed by atoms with E-state index in [-0.39, 0.29) is 28.3 Å². The average Bonchev–Trinajstić information content (AvgIpc) is 3.43. The smallest absolute Gasteiger partial charge is 0.174 e. The van der Waals surface area contributed by atoms with Crippen LogP contribution in [0.4, 0.5) is 0 Å². The fraction of sp³-hybridized carbons (Fsp3) is 0. The van der Waals surface area contributed by atoms with Crippen LogP contribution in [-0.2, 0) is 0 Å². The number of hydrogen-bond donors (Lipinski definition) is 2. The SMILES string of the molecule is N#C/C(N)=C(\C#N)N=Cc1ccco1.N#C/C(N)=C(\C#N)N=Cc1ccco1.O. The highest BCUT2D eigenvalue weighted by Crippen LogP contribution is 2.02. The minimum Gasteiger partial charge on any atom is -0.463 e. The molecule has 2 aromatic rings. The topological polar surface area (TPSA) is 230 Å². The van der Waals surface area contributed by atoms with Crippen LogP contribution >= 0.6 is 0 Å². The Labute approximate surface area is 165 Å². The lowest BCUT2D eigenvalue weighted by molar-refractivity contribution is 0.560. The second kappa shape index (κ2) is 13.2. The third-order valence-corrected chi connectivity index (χ3v) is 2.69. The summed E-state index contributed by atoms with van der Waals surface area (Å²) in [5.74, 6) is 0.979. The minimum absolute atomic E-state index is 0. The van der Waals surface area contributed by atoms with Gasteiger partial charge >= 0.3 is 0 Å². The van der Waals surface area contributed by atoms with Crippen LogP contribution in [0.1, 0.15) is 11.5 Å². The van der Waals surface area contributed by atoms with Crippen molar-refractivity contribution in [1.82, 2.24) is 0 Å². The molecule has 0 aliphatic rings. The summed E-state index contributed by atoms with van der Waals surface area (Å²) >= 11 is 0. The number of hydrogen-bond acceptors (Lipinski definition) is 10. The molecule has 29 heavy (non-hydrogen) atoms. The van der Waals surface area contributed by atoms with E-state index in [4.69, 9.17) is 41.3 Å². The number of furan rings is 2. The van der Waals surface area contributed by atoms with Gasteiger partial charge in [0.25, 0.3) is 0 Å². The van der Waals surface area contributed by atoms with Gasteiger partial charge in [0.15, 0.2) is 11.4 Å². The predicted molar refractivity (Wildman–Crippen MR) is 101 cm³/mol. The van der Waals surface area contributed by atoms with E-state index in [2.05, 4.69) is 9.98 Å². The summed E-state index contributed by atoms with van der Waals surface area (Å²) in [4.78, 5) is 7.42. The lowest BCUT2D eigenvalue weighted by Crippen LogP contribution is -1.97. The van der Waals surface area contributed by atoms with Crippen molar-refractivity contribution >= 4 is 12.4 Å². The van der Waals surface area contributed by atoms with Gasteiger partial charge in [-0.2, -0.15) is 21.0 Å². The van der Waals surface area contributed by atoms with Crippen LogP contribution < -0.4 is 11.5 Å². The van der Waals surface area contributed by atoms with Gasteiger partial charge in [-0.15, -0.1) is 0 Å². The maximum Gasteiger partial charge on any atom is 0.174 e. The standard InChI is InChI=1S/2C9H6N4O.H2O/c2*10-4-8(12)9(5-11)13-6-7-2-1-3-14-7;/h2*1-3,6H,12H2;1H2/b2*9-8-,13-6?;. The summed E-state index contributed by atoms with van der Waals surface area (Å²) in [6.45, 7) is 0. The van der Waals surface area contributed by atoms with E-state index in [0.717, 1.165) is 0 Å².